The number of aromatic carboxylic acids is 1. The van der Waals surface area contributed by atoms with Gasteiger partial charge in [-0.05, 0) is 0 Å². The number of carbonyl (C=O) groups is 1. The van der Waals surface area contributed by atoms with Gasteiger partial charge >= 0.3 is 11.7 Å². The molecule has 0 radical (unpaired) electrons. The number of nitro benzene ring substituents is 1. The fourth-order valence-electron chi connectivity index (χ4n) is 1.36. The smallest absolute Gasteiger partial charge is 0.356 e. The third kappa shape index (κ3) is 3.36. The molecule has 0 spiro atoms. The lowest BCUT2D eigenvalue weighted by molar-refractivity contribution is -0.385. The number of aromatic nitrogens is 2. The Hall–Kier alpha value is -2.45. The molecule has 8 nitrogen and oxygen atoms in total. The summed E-state index contributed by atoms with van der Waals surface area (Å²) in [6, 6.07) is 2.16. The third-order valence-electron chi connectivity index (χ3n) is 2.24. The predicted molar refractivity (Wildman–Crippen MR) is 72.2 cm³/mol. The number of ether oxygens (including phenoxy) is 1. The van der Waals surface area contributed by atoms with Crippen molar-refractivity contribution in [1.82, 2.24) is 9.97 Å². The fraction of sp³-hybridized carbons (Fsp3) is 0. The summed E-state index contributed by atoms with van der Waals surface area (Å²) in [6.45, 7) is 0. The van der Waals surface area contributed by atoms with Gasteiger partial charge in [0.1, 0.15) is 0 Å². The Balaban J connectivity index is 2.43. The van der Waals surface area contributed by atoms with E-state index >= 15 is 0 Å². The van der Waals surface area contributed by atoms with E-state index in [1.807, 2.05) is 0 Å². The zero-order valence-electron chi connectivity index (χ0n) is 9.99. The Kier molecular flexibility index (Phi) is 4.20. The number of carboxylic acids is 1. The van der Waals surface area contributed by atoms with Gasteiger partial charge in [0, 0.05) is 12.1 Å². The van der Waals surface area contributed by atoms with E-state index in [0.717, 1.165) is 24.5 Å². The first-order valence-electron chi connectivity index (χ1n) is 5.25. The predicted octanol–water partition coefficient (Wildman–Crippen LogP) is 3.18. The highest BCUT2D eigenvalue weighted by Crippen LogP contribution is 2.37. The van der Waals surface area contributed by atoms with Crippen molar-refractivity contribution in [2.45, 2.75) is 0 Å². The van der Waals surface area contributed by atoms with Gasteiger partial charge in [0.2, 0.25) is 11.6 Å². The van der Waals surface area contributed by atoms with Crippen LogP contribution in [-0.2, 0) is 0 Å². The molecular weight excluding hydrogens is 325 g/mol. The van der Waals surface area contributed by atoms with Crippen LogP contribution in [-0.4, -0.2) is 26.0 Å². The highest BCUT2D eigenvalue weighted by Gasteiger charge is 2.20. The van der Waals surface area contributed by atoms with Crippen LogP contribution in [0.4, 0.5) is 5.69 Å². The average molecular weight is 330 g/mol. The Morgan fingerprint density at radius 1 is 1.29 bits per heavy atom. The Morgan fingerprint density at radius 3 is 2.57 bits per heavy atom. The maximum absolute atomic E-state index is 10.9. The summed E-state index contributed by atoms with van der Waals surface area (Å²) in [4.78, 5) is 28.3. The van der Waals surface area contributed by atoms with Crippen LogP contribution in [0.1, 0.15) is 10.5 Å². The van der Waals surface area contributed by atoms with E-state index in [1.165, 1.54) is 0 Å². The molecule has 0 aliphatic heterocycles. The molecular formula is C11H5Cl2N3O5. The number of hydrogen-bond acceptors (Lipinski definition) is 6. The SMILES string of the molecule is O=C(O)c1cncc(Oc2cc(Cl)c(Cl)cc2[N+](=O)[O-])n1. The van der Waals surface area contributed by atoms with Crippen molar-refractivity contribution >= 4 is 34.9 Å². The van der Waals surface area contributed by atoms with E-state index in [0.29, 0.717) is 0 Å². The minimum absolute atomic E-state index is 0.0129. The molecule has 2 rings (SSSR count). The molecule has 0 amide bonds. The lowest BCUT2D eigenvalue weighted by atomic mass is 10.3. The molecule has 2 aromatic rings. The molecule has 1 heterocycles. The van der Waals surface area contributed by atoms with Crippen LogP contribution in [0.15, 0.2) is 24.5 Å². The van der Waals surface area contributed by atoms with Crippen LogP contribution in [0.2, 0.25) is 10.0 Å². The standard InChI is InChI=1S/C11H5Cl2N3O5/c12-5-1-8(16(19)20)9(2-6(5)13)21-10-4-14-3-7(15-10)11(17)18/h1-4H,(H,17,18). The molecule has 0 atom stereocenters. The Labute approximate surface area is 127 Å². The lowest BCUT2D eigenvalue weighted by Gasteiger charge is -2.06. The van der Waals surface area contributed by atoms with Crippen molar-refractivity contribution in [2.75, 3.05) is 0 Å². The normalized spacial score (nSPS) is 10.2. The lowest BCUT2D eigenvalue weighted by Crippen LogP contribution is -2.03. The van der Waals surface area contributed by atoms with Gasteiger partial charge in [0.25, 0.3) is 0 Å². The number of hydrogen-bond donors (Lipinski definition) is 1. The summed E-state index contributed by atoms with van der Waals surface area (Å²) in [5.74, 6) is -1.76. The van der Waals surface area contributed by atoms with Gasteiger partial charge in [-0.1, -0.05) is 23.2 Å². The molecule has 0 bridgehead atoms. The van der Waals surface area contributed by atoms with Gasteiger partial charge in [-0.2, -0.15) is 0 Å². The summed E-state index contributed by atoms with van der Waals surface area (Å²) < 4.78 is 5.18. The summed E-state index contributed by atoms with van der Waals surface area (Å²) in [5.41, 5.74) is -0.804. The van der Waals surface area contributed by atoms with Crippen LogP contribution in [0.25, 0.3) is 0 Å². The number of halogens is 2. The van der Waals surface area contributed by atoms with Crippen LogP contribution in [0, 0.1) is 10.1 Å². The number of benzene rings is 1. The zero-order chi connectivity index (χ0) is 15.6. The maximum atomic E-state index is 10.9. The largest absolute Gasteiger partial charge is 0.476 e. The number of carboxylic acid groups (broad SMARTS) is 1. The quantitative estimate of drug-likeness (QED) is 0.676. The number of rotatable bonds is 4. The Morgan fingerprint density at radius 2 is 1.95 bits per heavy atom. The van der Waals surface area contributed by atoms with Crippen LogP contribution in [0.3, 0.4) is 0 Å². The number of nitrogens with zero attached hydrogens (tertiary/aromatic N) is 3. The molecule has 21 heavy (non-hydrogen) atoms. The average Bonchev–Trinajstić information content (AvgIpc) is 2.42. The molecule has 1 N–H and O–H groups in total. The van der Waals surface area contributed by atoms with Crippen molar-refractivity contribution in [3.8, 4) is 11.6 Å². The summed E-state index contributed by atoms with van der Waals surface area (Å²) in [6.07, 6.45) is 2.12. The van der Waals surface area contributed by atoms with E-state index in [9.17, 15) is 14.9 Å². The molecule has 0 aliphatic carbocycles. The topological polar surface area (TPSA) is 115 Å². The van der Waals surface area contributed by atoms with E-state index < -0.39 is 16.6 Å². The fourth-order valence-corrected chi connectivity index (χ4v) is 1.67. The minimum Gasteiger partial charge on any atom is -0.476 e. The summed E-state index contributed by atoms with van der Waals surface area (Å²) in [5, 5.41) is 19.8. The number of nitro groups is 1. The highest BCUT2D eigenvalue weighted by atomic mass is 35.5. The van der Waals surface area contributed by atoms with Crippen molar-refractivity contribution in [3.63, 3.8) is 0 Å². The van der Waals surface area contributed by atoms with E-state index in [-0.39, 0.29) is 27.4 Å². The minimum atomic E-state index is -1.31. The molecule has 1 aromatic heterocycles. The monoisotopic (exact) mass is 329 g/mol. The van der Waals surface area contributed by atoms with Gasteiger partial charge in [0.05, 0.1) is 27.4 Å². The van der Waals surface area contributed by atoms with Crippen molar-refractivity contribution in [1.29, 1.82) is 0 Å². The van der Waals surface area contributed by atoms with Crippen LogP contribution >= 0.6 is 23.2 Å². The van der Waals surface area contributed by atoms with E-state index in [1.54, 1.807) is 0 Å². The Bertz CT molecular complexity index is 738. The molecule has 108 valence electrons. The van der Waals surface area contributed by atoms with Crippen molar-refractivity contribution in [3.05, 3.63) is 50.4 Å². The first-order chi connectivity index (χ1) is 9.88. The van der Waals surface area contributed by atoms with Gasteiger partial charge in [-0.15, -0.1) is 0 Å². The van der Waals surface area contributed by atoms with Gasteiger partial charge in [-0.25, -0.2) is 9.78 Å². The maximum Gasteiger partial charge on any atom is 0.356 e. The zero-order valence-corrected chi connectivity index (χ0v) is 11.5. The van der Waals surface area contributed by atoms with Crippen LogP contribution < -0.4 is 4.74 Å². The van der Waals surface area contributed by atoms with Gasteiger partial charge in [0.15, 0.2) is 5.69 Å². The molecule has 0 fully saturated rings. The molecule has 10 heteroatoms. The second-order valence-electron chi connectivity index (χ2n) is 3.64. The van der Waals surface area contributed by atoms with E-state index in [4.69, 9.17) is 33.0 Å². The first-order valence-corrected chi connectivity index (χ1v) is 6.00. The summed E-state index contributed by atoms with van der Waals surface area (Å²) in [7, 11) is 0. The molecule has 0 saturated heterocycles. The third-order valence-corrected chi connectivity index (χ3v) is 2.97. The second kappa shape index (κ2) is 5.90. The second-order valence-corrected chi connectivity index (χ2v) is 4.46. The molecule has 0 unspecified atom stereocenters. The molecule has 0 aliphatic rings. The highest BCUT2D eigenvalue weighted by molar-refractivity contribution is 6.42. The summed E-state index contributed by atoms with van der Waals surface area (Å²) >= 11 is 11.5. The van der Waals surface area contributed by atoms with Crippen molar-refractivity contribution in [2.24, 2.45) is 0 Å². The van der Waals surface area contributed by atoms with Gasteiger partial charge < -0.3 is 9.84 Å². The molecule has 0 saturated carbocycles. The molecule has 1 aromatic carbocycles. The van der Waals surface area contributed by atoms with Crippen molar-refractivity contribution < 1.29 is 19.6 Å². The first kappa shape index (κ1) is 14.9. The van der Waals surface area contributed by atoms with Crippen LogP contribution in [0.5, 0.6) is 11.6 Å². The van der Waals surface area contributed by atoms with Gasteiger partial charge in [-0.3, -0.25) is 15.1 Å². The van der Waals surface area contributed by atoms with E-state index in [2.05, 4.69) is 9.97 Å².